The molecule has 44 heavy (non-hydrogen) atoms. The lowest BCUT2D eigenvalue weighted by atomic mass is 10.00. The van der Waals surface area contributed by atoms with E-state index in [0.29, 0.717) is 29.7 Å². The molecular formula is C32H34FN3O7S. The Hall–Kier alpha value is -4.32. The normalized spacial score (nSPS) is 22.7. The molecule has 2 fully saturated rings. The molecule has 232 valence electrons. The van der Waals surface area contributed by atoms with Gasteiger partial charge in [0.2, 0.25) is 5.91 Å². The molecule has 3 amide bonds. The van der Waals surface area contributed by atoms with Gasteiger partial charge in [0.25, 0.3) is 5.91 Å². The number of ether oxygens (including phenoxy) is 2. The summed E-state index contributed by atoms with van der Waals surface area (Å²) in [4.78, 5) is 55.5. The van der Waals surface area contributed by atoms with E-state index in [1.807, 2.05) is 60.7 Å². The lowest BCUT2D eigenvalue weighted by Gasteiger charge is -2.49. The largest absolute Gasteiger partial charge is 0.448 e. The van der Waals surface area contributed by atoms with Crippen LogP contribution in [0.5, 0.6) is 0 Å². The molecule has 0 radical (unpaired) electrons. The van der Waals surface area contributed by atoms with E-state index in [2.05, 4.69) is 5.32 Å². The highest BCUT2D eigenvalue weighted by molar-refractivity contribution is 7.86. The standard InChI is InChI=1S/C32H34FN3O7S/c1-32(2,3)43-31(40)34-24-28(38)36-25(23(19-44(41)29(24)36)18-22-14-16-35(17-15-33)27(22)37)30(39)42-26(20-10-6-4-7-11-20)21-12-8-5-9-13-21/h4-13,18,24,26,29H,14-17,19H2,1-3H3,(H,34,40). The van der Waals surface area contributed by atoms with Crippen molar-refractivity contribution in [3.8, 4) is 0 Å². The number of fused-ring (bicyclic) bond motifs is 1. The van der Waals surface area contributed by atoms with E-state index >= 15 is 0 Å². The van der Waals surface area contributed by atoms with Crippen LogP contribution in [0.1, 0.15) is 44.4 Å². The molecule has 3 aliphatic rings. The molecule has 2 saturated heterocycles. The number of likely N-dealkylation sites (tertiary alicyclic amines) is 1. The second-order valence-electron chi connectivity index (χ2n) is 11.6. The van der Waals surface area contributed by atoms with Crippen molar-refractivity contribution in [1.29, 1.82) is 0 Å². The minimum Gasteiger partial charge on any atom is -0.448 e. The van der Waals surface area contributed by atoms with Crippen molar-refractivity contribution in [3.05, 3.63) is 94.7 Å². The summed E-state index contributed by atoms with van der Waals surface area (Å²) in [7, 11) is -1.75. The average molecular weight is 624 g/mol. The van der Waals surface area contributed by atoms with Crippen molar-refractivity contribution in [2.45, 2.75) is 50.3 Å². The quantitative estimate of drug-likeness (QED) is 0.271. The van der Waals surface area contributed by atoms with Crippen LogP contribution in [0.15, 0.2) is 83.6 Å². The lowest BCUT2D eigenvalue weighted by molar-refractivity contribution is -0.153. The molecule has 0 aromatic heterocycles. The van der Waals surface area contributed by atoms with Crippen molar-refractivity contribution in [2.24, 2.45) is 0 Å². The first-order chi connectivity index (χ1) is 21.0. The van der Waals surface area contributed by atoms with Crippen molar-refractivity contribution >= 4 is 34.7 Å². The molecule has 0 bridgehead atoms. The fraction of sp³-hybridized carbons (Fsp3) is 0.375. The van der Waals surface area contributed by atoms with Gasteiger partial charge in [-0.25, -0.2) is 14.0 Å². The molecule has 12 heteroatoms. The van der Waals surface area contributed by atoms with Crippen LogP contribution < -0.4 is 5.32 Å². The minimum absolute atomic E-state index is 0.0589. The van der Waals surface area contributed by atoms with E-state index in [4.69, 9.17) is 9.47 Å². The Morgan fingerprint density at radius 2 is 1.68 bits per heavy atom. The number of allylic oxidation sites excluding steroid dienone is 1. The van der Waals surface area contributed by atoms with E-state index in [9.17, 15) is 27.8 Å². The number of esters is 1. The van der Waals surface area contributed by atoms with Gasteiger partial charge >= 0.3 is 12.1 Å². The maximum Gasteiger partial charge on any atom is 0.408 e. The number of nitrogens with zero attached hydrogens (tertiary/aromatic N) is 2. The van der Waals surface area contributed by atoms with Gasteiger partial charge in [-0.3, -0.25) is 18.7 Å². The number of nitrogens with one attached hydrogen (secondary N) is 1. The van der Waals surface area contributed by atoms with Crippen LogP contribution in [0.4, 0.5) is 9.18 Å². The zero-order valence-corrected chi connectivity index (χ0v) is 25.5. The SMILES string of the molecule is CC(C)(C)OC(=O)NC1C(=O)N2C(C(=O)OC(c3ccccc3)c3ccccc3)=C(C=C3CCN(CCF)C3=O)CS(=O)C12. The predicted molar refractivity (Wildman–Crippen MR) is 160 cm³/mol. The number of carbonyl (C=O) groups is 4. The van der Waals surface area contributed by atoms with Crippen LogP contribution in [0, 0.1) is 0 Å². The first kappa shape index (κ1) is 31.1. The number of halogens is 1. The molecule has 3 aliphatic heterocycles. The number of hydrogen-bond donors (Lipinski definition) is 1. The second kappa shape index (κ2) is 12.7. The van der Waals surface area contributed by atoms with Crippen molar-refractivity contribution < 1.29 is 37.3 Å². The van der Waals surface area contributed by atoms with Gasteiger partial charge in [0, 0.05) is 18.7 Å². The van der Waals surface area contributed by atoms with Gasteiger partial charge < -0.3 is 19.7 Å². The monoisotopic (exact) mass is 623 g/mol. The fourth-order valence-electron chi connectivity index (χ4n) is 5.41. The third-order valence-corrected chi connectivity index (χ3v) is 8.98. The number of benzene rings is 2. The maximum absolute atomic E-state index is 14.1. The second-order valence-corrected chi connectivity index (χ2v) is 13.2. The highest BCUT2D eigenvalue weighted by Gasteiger charge is 2.57. The number of alkyl carbamates (subject to hydrolysis) is 1. The number of carbonyl (C=O) groups excluding carboxylic acids is 4. The van der Waals surface area contributed by atoms with Crippen LogP contribution in [0.25, 0.3) is 0 Å². The number of hydrogen-bond acceptors (Lipinski definition) is 7. The summed E-state index contributed by atoms with van der Waals surface area (Å²) in [5.74, 6) is -2.08. The smallest absolute Gasteiger partial charge is 0.408 e. The summed E-state index contributed by atoms with van der Waals surface area (Å²) in [6.07, 6.45) is 0.0742. The predicted octanol–water partition coefficient (Wildman–Crippen LogP) is 3.53. The molecule has 0 aliphatic carbocycles. The highest BCUT2D eigenvalue weighted by atomic mass is 32.2. The Balaban J connectivity index is 1.52. The van der Waals surface area contributed by atoms with Gasteiger partial charge in [-0.1, -0.05) is 60.7 Å². The van der Waals surface area contributed by atoms with Crippen LogP contribution >= 0.6 is 0 Å². The van der Waals surface area contributed by atoms with E-state index < -0.39 is 58.6 Å². The molecule has 3 atom stereocenters. The summed E-state index contributed by atoms with van der Waals surface area (Å²) in [6, 6.07) is 17.0. The van der Waals surface area contributed by atoms with E-state index in [1.165, 1.54) is 11.0 Å². The molecule has 5 rings (SSSR count). The lowest BCUT2D eigenvalue weighted by Crippen LogP contribution is -2.73. The molecule has 10 nitrogen and oxygen atoms in total. The molecule has 2 aromatic rings. The summed E-state index contributed by atoms with van der Waals surface area (Å²) in [5.41, 5.74) is 0.909. The van der Waals surface area contributed by atoms with E-state index in [0.717, 1.165) is 4.90 Å². The summed E-state index contributed by atoms with van der Waals surface area (Å²) >= 11 is 0. The molecule has 3 unspecified atom stereocenters. The van der Waals surface area contributed by atoms with Gasteiger partial charge in [0.1, 0.15) is 29.4 Å². The third-order valence-electron chi connectivity index (χ3n) is 7.37. The zero-order valence-electron chi connectivity index (χ0n) is 24.7. The molecule has 1 N–H and O–H groups in total. The maximum atomic E-state index is 14.1. The van der Waals surface area contributed by atoms with Crippen molar-refractivity contribution in [2.75, 3.05) is 25.5 Å². The van der Waals surface area contributed by atoms with E-state index in [1.54, 1.807) is 20.8 Å². The van der Waals surface area contributed by atoms with Crippen molar-refractivity contribution in [3.63, 3.8) is 0 Å². The Bertz CT molecular complexity index is 1500. The summed E-state index contributed by atoms with van der Waals surface area (Å²) < 4.78 is 37.9. The molecule has 0 saturated carbocycles. The van der Waals surface area contributed by atoms with E-state index in [-0.39, 0.29) is 29.5 Å². The first-order valence-electron chi connectivity index (χ1n) is 14.3. The van der Waals surface area contributed by atoms with Gasteiger partial charge in [0.05, 0.1) is 16.6 Å². The van der Waals surface area contributed by atoms with Crippen LogP contribution in [0.2, 0.25) is 0 Å². The highest BCUT2D eigenvalue weighted by Crippen LogP contribution is 2.38. The molecule has 2 aromatic carbocycles. The Kier molecular flexibility index (Phi) is 9.00. The van der Waals surface area contributed by atoms with Gasteiger partial charge in [0.15, 0.2) is 6.10 Å². The molecular weight excluding hydrogens is 589 g/mol. The van der Waals surface area contributed by atoms with Gasteiger partial charge in [-0.2, -0.15) is 0 Å². The number of amides is 3. The topological polar surface area (TPSA) is 122 Å². The van der Waals surface area contributed by atoms with Crippen LogP contribution in [0.3, 0.4) is 0 Å². The Labute approximate surface area is 257 Å². The number of rotatable bonds is 8. The van der Waals surface area contributed by atoms with Crippen LogP contribution in [-0.2, 0) is 34.7 Å². The minimum atomic E-state index is -1.75. The first-order valence-corrected chi connectivity index (χ1v) is 15.7. The molecule has 3 heterocycles. The number of β-lactam (4-membered cyclic amide) rings is 1. The number of alkyl halides is 1. The third kappa shape index (κ3) is 6.45. The van der Waals surface area contributed by atoms with Gasteiger partial charge in [-0.05, 0) is 50.0 Å². The fourth-order valence-corrected chi connectivity index (χ4v) is 7.04. The van der Waals surface area contributed by atoms with Crippen LogP contribution in [-0.4, -0.2) is 80.4 Å². The zero-order chi connectivity index (χ0) is 31.6. The summed E-state index contributed by atoms with van der Waals surface area (Å²) in [6.45, 7) is 4.57. The van der Waals surface area contributed by atoms with Crippen molar-refractivity contribution in [1.82, 2.24) is 15.1 Å². The van der Waals surface area contributed by atoms with Gasteiger partial charge in [-0.15, -0.1) is 0 Å². The average Bonchev–Trinajstić information content (AvgIpc) is 3.32. The Morgan fingerprint density at radius 3 is 2.25 bits per heavy atom. The Morgan fingerprint density at radius 1 is 1.07 bits per heavy atom. The summed E-state index contributed by atoms with van der Waals surface area (Å²) in [5, 5.41) is 1.44. The molecule has 0 spiro atoms.